The van der Waals surface area contributed by atoms with Crippen molar-refractivity contribution < 1.29 is 22.1 Å². The molecule has 0 amide bonds. The topological polar surface area (TPSA) is 69.7 Å². The second-order valence-corrected chi connectivity index (χ2v) is 5.41. The second kappa shape index (κ2) is 4.94. The first kappa shape index (κ1) is 12.4. The van der Waals surface area contributed by atoms with Crippen molar-refractivity contribution in [3.8, 4) is 0 Å². The Morgan fingerprint density at radius 1 is 1.33 bits per heavy atom. The lowest BCUT2D eigenvalue weighted by Gasteiger charge is -2.26. The van der Waals surface area contributed by atoms with Crippen LogP contribution in [0.1, 0.15) is 25.7 Å². The normalized spacial score (nSPS) is 27.3. The molecule has 0 saturated heterocycles. The lowest BCUT2D eigenvalue weighted by molar-refractivity contribution is -0.147. The molecule has 1 rings (SSSR count). The van der Waals surface area contributed by atoms with Gasteiger partial charge in [-0.05, 0) is 25.7 Å². The van der Waals surface area contributed by atoms with Crippen LogP contribution in [0.4, 0.5) is 0 Å². The van der Waals surface area contributed by atoms with E-state index in [4.69, 9.17) is 4.18 Å². The third kappa shape index (κ3) is 4.17. The maximum Gasteiger partial charge on any atom is 0.308 e. The van der Waals surface area contributed by atoms with Gasteiger partial charge < -0.3 is 4.74 Å². The van der Waals surface area contributed by atoms with Crippen molar-refractivity contribution in [1.82, 2.24) is 0 Å². The molecule has 1 aliphatic carbocycles. The van der Waals surface area contributed by atoms with E-state index in [1.165, 1.54) is 7.11 Å². The Morgan fingerprint density at radius 2 is 2.00 bits per heavy atom. The van der Waals surface area contributed by atoms with Crippen LogP contribution in [0.25, 0.3) is 0 Å². The fourth-order valence-corrected chi connectivity index (χ4v) is 2.53. The molecular weight excluding hydrogens is 220 g/mol. The lowest BCUT2D eigenvalue weighted by Crippen LogP contribution is -2.29. The summed E-state index contributed by atoms with van der Waals surface area (Å²) < 4.78 is 31.3. The zero-order valence-electron chi connectivity index (χ0n) is 8.93. The molecule has 0 radical (unpaired) electrons. The molecule has 5 nitrogen and oxygen atoms in total. The molecule has 1 aliphatic rings. The minimum Gasteiger partial charge on any atom is -0.469 e. The van der Waals surface area contributed by atoms with Gasteiger partial charge in [-0.15, -0.1) is 0 Å². The maximum atomic E-state index is 11.3. The minimum atomic E-state index is -3.43. The Bertz CT molecular complexity index is 321. The van der Waals surface area contributed by atoms with E-state index in [2.05, 4.69) is 4.74 Å². The highest BCUT2D eigenvalue weighted by atomic mass is 32.2. The summed E-state index contributed by atoms with van der Waals surface area (Å²) in [6.45, 7) is 0. The quantitative estimate of drug-likeness (QED) is 0.532. The molecule has 0 N–H and O–H groups in total. The van der Waals surface area contributed by atoms with Crippen molar-refractivity contribution in [1.29, 1.82) is 0 Å². The first-order chi connectivity index (χ1) is 6.92. The molecule has 0 aromatic heterocycles. The van der Waals surface area contributed by atoms with Gasteiger partial charge in [-0.2, -0.15) is 8.42 Å². The second-order valence-electron chi connectivity index (χ2n) is 3.81. The molecule has 2 atom stereocenters. The average molecular weight is 236 g/mol. The van der Waals surface area contributed by atoms with E-state index in [1.54, 1.807) is 0 Å². The number of carbonyl (C=O) groups excluding carboxylic acids is 1. The van der Waals surface area contributed by atoms with Crippen LogP contribution < -0.4 is 0 Å². The number of hydrogen-bond donors (Lipinski definition) is 0. The van der Waals surface area contributed by atoms with Gasteiger partial charge in [0.2, 0.25) is 0 Å². The van der Waals surface area contributed by atoms with Crippen LogP contribution in [0.5, 0.6) is 0 Å². The Balaban J connectivity index is 2.53. The summed E-state index contributed by atoms with van der Waals surface area (Å²) in [5.74, 6) is -0.507. The van der Waals surface area contributed by atoms with Gasteiger partial charge in [0.25, 0.3) is 10.1 Å². The van der Waals surface area contributed by atoms with Crippen molar-refractivity contribution in [2.24, 2.45) is 5.92 Å². The fourth-order valence-electron chi connectivity index (χ4n) is 1.86. The van der Waals surface area contributed by atoms with Gasteiger partial charge in [0.05, 0.1) is 25.4 Å². The third-order valence-corrected chi connectivity index (χ3v) is 3.09. The Hall–Kier alpha value is -0.620. The predicted molar refractivity (Wildman–Crippen MR) is 53.7 cm³/mol. The summed E-state index contributed by atoms with van der Waals surface area (Å²) >= 11 is 0. The molecule has 15 heavy (non-hydrogen) atoms. The summed E-state index contributed by atoms with van der Waals surface area (Å²) in [7, 11) is -2.10. The maximum absolute atomic E-state index is 11.3. The molecule has 1 fully saturated rings. The summed E-state index contributed by atoms with van der Waals surface area (Å²) in [4.78, 5) is 11.3. The van der Waals surface area contributed by atoms with E-state index in [0.717, 1.165) is 19.1 Å². The number of ether oxygens (including phenoxy) is 1. The average Bonchev–Trinajstić information content (AvgIpc) is 2.14. The Morgan fingerprint density at radius 3 is 2.53 bits per heavy atom. The van der Waals surface area contributed by atoms with Gasteiger partial charge in [0.1, 0.15) is 0 Å². The smallest absolute Gasteiger partial charge is 0.308 e. The number of esters is 1. The molecule has 6 heteroatoms. The highest BCUT2D eigenvalue weighted by Gasteiger charge is 2.30. The van der Waals surface area contributed by atoms with Gasteiger partial charge in [-0.1, -0.05) is 0 Å². The predicted octanol–water partition coefficient (Wildman–Crippen LogP) is 0.694. The van der Waals surface area contributed by atoms with Crippen LogP contribution in [-0.4, -0.2) is 33.9 Å². The molecule has 0 aromatic rings. The van der Waals surface area contributed by atoms with Crippen LogP contribution in [0.15, 0.2) is 0 Å². The molecule has 88 valence electrons. The van der Waals surface area contributed by atoms with Gasteiger partial charge in [0.15, 0.2) is 0 Å². The van der Waals surface area contributed by atoms with Crippen molar-refractivity contribution in [2.75, 3.05) is 13.4 Å². The van der Waals surface area contributed by atoms with Crippen molar-refractivity contribution in [3.63, 3.8) is 0 Å². The molecule has 0 aromatic carbocycles. The number of rotatable bonds is 3. The molecule has 1 saturated carbocycles. The number of hydrogen-bond acceptors (Lipinski definition) is 5. The van der Waals surface area contributed by atoms with Gasteiger partial charge >= 0.3 is 5.97 Å². The molecule has 0 aliphatic heterocycles. The van der Waals surface area contributed by atoms with Crippen LogP contribution >= 0.6 is 0 Å². The van der Waals surface area contributed by atoms with Gasteiger partial charge in [-0.3, -0.25) is 8.98 Å². The fraction of sp³-hybridized carbons (Fsp3) is 0.889. The van der Waals surface area contributed by atoms with Crippen LogP contribution in [0, 0.1) is 5.92 Å². The van der Waals surface area contributed by atoms with Crippen molar-refractivity contribution >= 4 is 16.1 Å². The van der Waals surface area contributed by atoms with E-state index in [9.17, 15) is 13.2 Å². The molecular formula is C9H16O5S. The highest BCUT2D eigenvalue weighted by Crippen LogP contribution is 2.27. The number of methoxy groups -OCH3 is 1. The lowest BCUT2D eigenvalue weighted by atomic mass is 9.87. The highest BCUT2D eigenvalue weighted by molar-refractivity contribution is 7.86. The van der Waals surface area contributed by atoms with Crippen molar-refractivity contribution in [2.45, 2.75) is 31.8 Å². The summed E-state index contributed by atoms with van der Waals surface area (Å²) in [6.07, 6.45) is 3.29. The van der Waals surface area contributed by atoms with E-state index >= 15 is 0 Å². The monoisotopic (exact) mass is 236 g/mol. The standard InChI is InChI=1S/C9H16O5S/c1-13-9(10)7-4-3-5-8(6-7)14-15(2,11)12/h7-8H,3-6H2,1-2H3/t7-,8-/m0/s1. The minimum absolute atomic E-state index is 0.226. The molecule has 0 spiro atoms. The van der Waals surface area contributed by atoms with Crippen molar-refractivity contribution in [3.05, 3.63) is 0 Å². The number of carbonyl (C=O) groups is 1. The summed E-state index contributed by atoms with van der Waals surface area (Å²) in [5, 5.41) is 0. The first-order valence-electron chi connectivity index (χ1n) is 4.88. The molecule has 0 bridgehead atoms. The van der Waals surface area contributed by atoms with Crippen LogP contribution in [0.2, 0.25) is 0 Å². The van der Waals surface area contributed by atoms with Gasteiger partial charge in [0, 0.05) is 0 Å². The summed E-state index contributed by atoms with van der Waals surface area (Å²) in [5.41, 5.74) is 0. The van der Waals surface area contributed by atoms with E-state index in [-0.39, 0.29) is 18.0 Å². The SMILES string of the molecule is COC(=O)[C@H]1CCC[C@H](OS(C)(=O)=O)C1. The first-order valence-corrected chi connectivity index (χ1v) is 6.70. The summed E-state index contributed by atoms with van der Waals surface area (Å²) in [6, 6.07) is 0. The van der Waals surface area contributed by atoms with E-state index < -0.39 is 10.1 Å². The molecule has 0 unspecified atom stereocenters. The molecule has 0 heterocycles. The van der Waals surface area contributed by atoms with E-state index in [0.29, 0.717) is 12.8 Å². The van der Waals surface area contributed by atoms with Crippen LogP contribution in [-0.2, 0) is 23.8 Å². The van der Waals surface area contributed by atoms with Crippen LogP contribution in [0.3, 0.4) is 0 Å². The van der Waals surface area contributed by atoms with Gasteiger partial charge in [-0.25, -0.2) is 0 Å². The Kier molecular flexibility index (Phi) is 4.10. The zero-order chi connectivity index (χ0) is 11.5. The largest absolute Gasteiger partial charge is 0.469 e. The zero-order valence-corrected chi connectivity index (χ0v) is 9.75. The van der Waals surface area contributed by atoms with E-state index in [1.807, 2.05) is 0 Å². The third-order valence-electron chi connectivity index (χ3n) is 2.47. The Labute approximate surface area is 89.9 Å².